The SMILES string of the molecule is Cc1ccc(NC(=O)c2nnc(CSc3nncs3)s2)cc1. The van der Waals surface area contributed by atoms with Crippen LogP contribution in [-0.2, 0) is 5.75 Å². The van der Waals surface area contributed by atoms with Gasteiger partial charge in [0.05, 0.1) is 5.75 Å². The van der Waals surface area contributed by atoms with Gasteiger partial charge >= 0.3 is 0 Å². The van der Waals surface area contributed by atoms with E-state index in [9.17, 15) is 4.79 Å². The molecule has 9 heteroatoms. The first-order valence-corrected chi connectivity index (χ1v) is 8.98. The monoisotopic (exact) mass is 349 g/mol. The number of amides is 1. The normalized spacial score (nSPS) is 10.6. The minimum atomic E-state index is -0.242. The van der Waals surface area contributed by atoms with Crippen LogP contribution in [0.3, 0.4) is 0 Å². The van der Waals surface area contributed by atoms with Gasteiger partial charge in [-0.25, -0.2) is 0 Å². The van der Waals surface area contributed by atoms with Crippen LogP contribution in [0, 0.1) is 6.92 Å². The van der Waals surface area contributed by atoms with Gasteiger partial charge in [-0.1, -0.05) is 52.1 Å². The molecule has 6 nitrogen and oxygen atoms in total. The second-order valence-electron chi connectivity index (χ2n) is 4.31. The number of rotatable bonds is 5. The van der Waals surface area contributed by atoms with Gasteiger partial charge in [0.2, 0.25) is 5.01 Å². The summed E-state index contributed by atoms with van der Waals surface area (Å²) in [4.78, 5) is 12.1. The molecule has 0 aliphatic heterocycles. The zero-order valence-corrected chi connectivity index (χ0v) is 14.0. The molecule has 1 amide bonds. The van der Waals surface area contributed by atoms with Crippen molar-refractivity contribution in [3.8, 4) is 0 Å². The molecule has 2 aromatic heterocycles. The molecule has 3 rings (SSSR count). The molecule has 0 aliphatic carbocycles. The summed E-state index contributed by atoms with van der Waals surface area (Å²) in [6, 6.07) is 7.61. The molecule has 112 valence electrons. The molecule has 3 aromatic rings. The van der Waals surface area contributed by atoms with Crippen molar-refractivity contribution >= 4 is 46.0 Å². The summed E-state index contributed by atoms with van der Waals surface area (Å²) in [7, 11) is 0. The standard InChI is InChI=1S/C13H11N5OS3/c1-8-2-4-9(5-3-8)15-11(19)12-17-16-10(22-12)6-20-13-18-14-7-21-13/h2-5,7H,6H2,1H3,(H,15,19). The van der Waals surface area contributed by atoms with Crippen LogP contribution in [0.1, 0.15) is 20.4 Å². The van der Waals surface area contributed by atoms with Gasteiger partial charge in [0.1, 0.15) is 10.5 Å². The second kappa shape index (κ2) is 6.95. The molecular formula is C13H11N5OS3. The van der Waals surface area contributed by atoms with E-state index in [4.69, 9.17) is 0 Å². The van der Waals surface area contributed by atoms with Crippen molar-refractivity contribution in [2.75, 3.05) is 5.32 Å². The Kier molecular flexibility index (Phi) is 4.76. The van der Waals surface area contributed by atoms with E-state index in [0.717, 1.165) is 20.6 Å². The minimum Gasteiger partial charge on any atom is -0.320 e. The average molecular weight is 349 g/mol. The molecule has 0 unspecified atom stereocenters. The molecule has 1 aromatic carbocycles. The lowest BCUT2D eigenvalue weighted by Crippen LogP contribution is -2.11. The quantitative estimate of drug-likeness (QED) is 0.712. The maximum atomic E-state index is 12.1. The maximum Gasteiger partial charge on any atom is 0.286 e. The zero-order chi connectivity index (χ0) is 15.4. The van der Waals surface area contributed by atoms with Crippen molar-refractivity contribution in [2.24, 2.45) is 0 Å². The summed E-state index contributed by atoms with van der Waals surface area (Å²) in [5.41, 5.74) is 3.57. The van der Waals surface area contributed by atoms with Crippen LogP contribution in [-0.4, -0.2) is 26.3 Å². The van der Waals surface area contributed by atoms with Gasteiger partial charge < -0.3 is 5.32 Å². The molecule has 0 saturated carbocycles. The fourth-order valence-electron chi connectivity index (χ4n) is 1.57. The van der Waals surface area contributed by atoms with E-state index in [1.807, 2.05) is 31.2 Å². The van der Waals surface area contributed by atoms with Crippen LogP contribution >= 0.6 is 34.4 Å². The van der Waals surface area contributed by atoms with Crippen LogP contribution in [0.5, 0.6) is 0 Å². The third-order valence-corrected chi connectivity index (χ3v) is 5.61. The Morgan fingerprint density at radius 3 is 2.77 bits per heavy atom. The van der Waals surface area contributed by atoms with E-state index >= 15 is 0 Å². The van der Waals surface area contributed by atoms with Gasteiger partial charge in [-0.3, -0.25) is 4.79 Å². The maximum absolute atomic E-state index is 12.1. The Hall–Kier alpha value is -1.84. The number of nitrogens with one attached hydrogen (secondary N) is 1. The van der Waals surface area contributed by atoms with Gasteiger partial charge in [-0.15, -0.1) is 20.4 Å². The molecule has 0 fully saturated rings. The first kappa shape index (κ1) is 15.1. The van der Waals surface area contributed by atoms with E-state index in [-0.39, 0.29) is 5.91 Å². The number of thioether (sulfide) groups is 1. The highest BCUT2D eigenvalue weighted by Crippen LogP contribution is 2.25. The van der Waals surface area contributed by atoms with E-state index in [1.54, 1.807) is 5.51 Å². The predicted octanol–water partition coefficient (Wildman–Crippen LogP) is 3.24. The highest BCUT2D eigenvalue weighted by atomic mass is 32.2. The lowest BCUT2D eigenvalue weighted by atomic mass is 10.2. The van der Waals surface area contributed by atoms with Crippen LogP contribution in [0.15, 0.2) is 34.1 Å². The van der Waals surface area contributed by atoms with Crippen LogP contribution in [0.4, 0.5) is 5.69 Å². The number of aryl methyl sites for hydroxylation is 1. The number of carbonyl (C=O) groups is 1. The van der Waals surface area contributed by atoms with Crippen molar-refractivity contribution in [3.05, 3.63) is 45.4 Å². The van der Waals surface area contributed by atoms with Crippen molar-refractivity contribution in [1.29, 1.82) is 0 Å². The lowest BCUT2D eigenvalue weighted by Gasteiger charge is -2.02. The van der Waals surface area contributed by atoms with Crippen molar-refractivity contribution in [1.82, 2.24) is 20.4 Å². The molecule has 0 aliphatic rings. The number of anilines is 1. The Morgan fingerprint density at radius 1 is 1.23 bits per heavy atom. The molecule has 0 spiro atoms. The van der Waals surface area contributed by atoms with Gasteiger partial charge in [-0.2, -0.15) is 0 Å². The fraction of sp³-hybridized carbons (Fsp3) is 0.154. The first-order chi connectivity index (χ1) is 10.7. The van der Waals surface area contributed by atoms with Crippen molar-refractivity contribution < 1.29 is 4.79 Å². The molecule has 0 bridgehead atoms. The summed E-state index contributed by atoms with van der Waals surface area (Å²) >= 11 is 4.29. The molecule has 0 atom stereocenters. The number of aromatic nitrogens is 4. The topological polar surface area (TPSA) is 80.7 Å². The lowest BCUT2D eigenvalue weighted by molar-refractivity contribution is 0.102. The van der Waals surface area contributed by atoms with Gasteiger partial charge in [-0.05, 0) is 19.1 Å². The van der Waals surface area contributed by atoms with Gasteiger partial charge in [0.15, 0.2) is 4.34 Å². The second-order valence-corrected chi connectivity index (χ2v) is 7.43. The molecule has 0 radical (unpaired) electrons. The Bertz CT molecular complexity index is 754. The Morgan fingerprint density at radius 2 is 2.05 bits per heavy atom. The number of nitrogens with zero attached hydrogens (tertiary/aromatic N) is 4. The molecule has 1 N–H and O–H groups in total. The summed E-state index contributed by atoms with van der Waals surface area (Å²) < 4.78 is 0.876. The van der Waals surface area contributed by atoms with Crippen molar-refractivity contribution in [2.45, 2.75) is 17.0 Å². The third-order valence-electron chi connectivity index (χ3n) is 2.63. The van der Waals surface area contributed by atoms with Gasteiger partial charge in [0.25, 0.3) is 5.91 Å². The fourth-order valence-corrected chi connectivity index (χ4v) is 3.78. The van der Waals surface area contributed by atoms with Crippen LogP contribution in [0.2, 0.25) is 0 Å². The molecule has 2 heterocycles. The summed E-state index contributed by atoms with van der Waals surface area (Å²) in [5.74, 6) is 0.388. The number of carbonyl (C=O) groups excluding carboxylic acids is 1. The van der Waals surface area contributed by atoms with Crippen LogP contribution in [0.25, 0.3) is 0 Å². The number of hydrogen-bond acceptors (Lipinski definition) is 8. The van der Waals surface area contributed by atoms with Crippen LogP contribution < -0.4 is 5.32 Å². The first-order valence-electron chi connectivity index (χ1n) is 6.30. The largest absolute Gasteiger partial charge is 0.320 e. The minimum absolute atomic E-state index is 0.242. The molecular weight excluding hydrogens is 338 g/mol. The summed E-state index contributed by atoms with van der Waals surface area (Å²) in [5, 5.41) is 19.6. The molecule has 0 saturated heterocycles. The Balaban J connectivity index is 1.60. The van der Waals surface area contributed by atoms with E-state index in [1.165, 1.54) is 34.4 Å². The number of hydrogen-bond donors (Lipinski definition) is 1. The summed E-state index contributed by atoms with van der Waals surface area (Å²) in [6.07, 6.45) is 0. The smallest absolute Gasteiger partial charge is 0.286 e. The predicted molar refractivity (Wildman–Crippen MR) is 88.5 cm³/mol. The molecule has 22 heavy (non-hydrogen) atoms. The Labute approximate surface area is 139 Å². The van der Waals surface area contributed by atoms with Crippen molar-refractivity contribution in [3.63, 3.8) is 0 Å². The highest BCUT2D eigenvalue weighted by molar-refractivity contribution is 8.00. The average Bonchev–Trinajstić information content (AvgIpc) is 3.18. The van der Waals surface area contributed by atoms with E-state index in [0.29, 0.717) is 10.8 Å². The van der Waals surface area contributed by atoms with E-state index < -0.39 is 0 Å². The highest BCUT2D eigenvalue weighted by Gasteiger charge is 2.13. The van der Waals surface area contributed by atoms with Gasteiger partial charge in [0, 0.05) is 5.69 Å². The van der Waals surface area contributed by atoms with E-state index in [2.05, 4.69) is 25.7 Å². The number of benzene rings is 1. The third kappa shape index (κ3) is 3.87. The summed E-state index contributed by atoms with van der Waals surface area (Å²) in [6.45, 7) is 2.00. The zero-order valence-electron chi connectivity index (χ0n) is 11.5.